The molecule has 0 aliphatic heterocycles. The first kappa shape index (κ1) is 29.5. The predicted molar refractivity (Wildman–Crippen MR) is 27.1 cm³/mol. The first-order chi connectivity index (χ1) is 3.46. The van der Waals surface area contributed by atoms with Crippen molar-refractivity contribution in [2.45, 2.75) is 13.8 Å². The third-order valence-electron chi connectivity index (χ3n) is 0. The standard InChI is InChI=1S/2C2H4O2.Pb.2Pd/c2*1-2(3)4;;;/h2*1H3,(H,3,4);;;/q;;+2;;/p-2. The molecular formula is C4H6O4PbPd2. The number of rotatable bonds is 0. The van der Waals surface area contributed by atoms with Gasteiger partial charge in [-0.2, -0.15) is 0 Å². The second kappa shape index (κ2) is 22.5. The summed E-state index contributed by atoms with van der Waals surface area (Å²) in [5.74, 6) is -2.17. The Labute approximate surface area is 113 Å². The molecule has 70 valence electrons. The second-order valence-electron chi connectivity index (χ2n) is 0.983. The molecule has 4 nitrogen and oxygen atoms in total. The number of hydrogen-bond donors (Lipinski definition) is 0. The van der Waals surface area contributed by atoms with Crippen LogP contribution >= 0.6 is 0 Å². The van der Waals surface area contributed by atoms with E-state index in [9.17, 15) is 0 Å². The molecule has 0 rings (SSSR count). The molecule has 0 fully saturated rings. The van der Waals surface area contributed by atoms with Crippen LogP contribution in [-0.4, -0.2) is 39.2 Å². The van der Waals surface area contributed by atoms with Crippen molar-refractivity contribution in [1.29, 1.82) is 0 Å². The molecule has 0 saturated heterocycles. The van der Waals surface area contributed by atoms with Gasteiger partial charge in [0, 0.05) is 52.8 Å². The molecule has 0 spiro atoms. The molecule has 0 N–H and O–H groups in total. The van der Waals surface area contributed by atoms with E-state index in [-0.39, 0.29) is 68.1 Å². The quantitative estimate of drug-likeness (QED) is 0.311. The molecule has 11 heavy (non-hydrogen) atoms. The van der Waals surface area contributed by atoms with E-state index in [0.29, 0.717) is 0 Å². The Morgan fingerprint density at radius 3 is 0.909 bits per heavy atom. The third kappa shape index (κ3) is 670. The van der Waals surface area contributed by atoms with Crippen LogP contribution in [0.15, 0.2) is 0 Å². The minimum absolute atomic E-state index is 0. The number of carboxylic acids is 2. The maximum Gasteiger partial charge on any atom is 2.00 e. The van der Waals surface area contributed by atoms with E-state index >= 15 is 0 Å². The Bertz CT molecular complexity index is 78.1. The molecule has 0 aliphatic rings. The van der Waals surface area contributed by atoms with Crippen LogP contribution in [0.4, 0.5) is 0 Å². The summed E-state index contributed by atoms with van der Waals surface area (Å²) in [6, 6.07) is 0. The minimum atomic E-state index is -1.08. The van der Waals surface area contributed by atoms with Gasteiger partial charge in [-0.1, -0.05) is 0 Å². The SMILES string of the molecule is CC(=O)[O-].CC(=O)[O-].[Pb+2].[Pd].[Pd]. The van der Waals surface area contributed by atoms with E-state index in [1.54, 1.807) is 0 Å². The molecule has 0 aromatic heterocycles. The van der Waals surface area contributed by atoms with Crippen LogP contribution in [0, 0.1) is 0 Å². The van der Waals surface area contributed by atoms with Gasteiger partial charge in [0.2, 0.25) is 0 Å². The van der Waals surface area contributed by atoms with Crippen LogP contribution in [0.3, 0.4) is 0 Å². The first-order valence-electron chi connectivity index (χ1n) is 1.82. The smallest absolute Gasteiger partial charge is 0.550 e. The van der Waals surface area contributed by atoms with Crippen molar-refractivity contribution in [3.63, 3.8) is 0 Å². The zero-order valence-electron chi connectivity index (χ0n) is 5.77. The van der Waals surface area contributed by atoms with E-state index in [4.69, 9.17) is 19.8 Å². The molecule has 0 saturated carbocycles. The van der Waals surface area contributed by atoms with Crippen molar-refractivity contribution in [3.05, 3.63) is 0 Å². The van der Waals surface area contributed by atoms with E-state index in [1.165, 1.54) is 0 Å². The fourth-order valence-corrected chi connectivity index (χ4v) is 0. The van der Waals surface area contributed by atoms with Crippen molar-refractivity contribution in [2.75, 3.05) is 0 Å². The van der Waals surface area contributed by atoms with Crippen molar-refractivity contribution in [1.82, 2.24) is 0 Å². The summed E-state index contributed by atoms with van der Waals surface area (Å²) in [5, 5.41) is 17.8. The van der Waals surface area contributed by atoms with Gasteiger partial charge < -0.3 is 19.8 Å². The third-order valence-corrected chi connectivity index (χ3v) is 0. The summed E-state index contributed by atoms with van der Waals surface area (Å²) in [5.41, 5.74) is 0. The molecule has 0 aromatic rings. The molecule has 0 atom stereocenters. The Morgan fingerprint density at radius 2 is 0.909 bits per heavy atom. The van der Waals surface area contributed by atoms with E-state index in [0.717, 1.165) is 13.8 Å². The summed E-state index contributed by atoms with van der Waals surface area (Å²) in [4.78, 5) is 17.8. The fraction of sp³-hybridized carbons (Fsp3) is 0.500. The van der Waals surface area contributed by atoms with Crippen LogP contribution in [0.25, 0.3) is 0 Å². The normalized spacial score (nSPS) is 4.55. The predicted octanol–water partition coefficient (Wildman–Crippen LogP) is -2.87. The van der Waals surface area contributed by atoms with Gasteiger partial charge in [-0.05, 0) is 13.8 Å². The van der Waals surface area contributed by atoms with Gasteiger partial charge in [-0.3, -0.25) is 0 Å². The summed E-state index contributed by atoms with van der Waals surface area (Å²) < 4.78 is 0. The van der Waals surface area contributed by atoms with Crippen LogP contribution < -0.4 is 10.2 Å². The molecule has 0 heterocycles. The van der Waals surface area contributed by atoms with Crippen LogP contribution in [0.5, 0.6) is 0 Å². The average Bonchev–Trinajstić information content (AvgIpc) is 1.25. The Hall–Kier alpha value is 1.19. The minimum Gasteiger partial charge on any atom is -0.550 e. The molecule has 2 radical (unpaired) electrons. The van der Waals surface area contributed by atoms with Gasteiger partial charge in [0.1, 0.15) is 0 Å². The first-order valence-corrected chi connectivity index (χ1v) is 1.82. The fourth-order valence-electron chi connectivity index (χ4n) is 0. The molecular weight excluding hydrogens is 532 g/mol. The zero-order chi connectivity index (χ0) is 7.15. The Balaban J connectivity index is -0.0000000171. The van der Waals surface area contributed by atoms with E-state index in [1.807, 2.05) is 0 Å². The molecule has 0 aromatic carbocycles. The van der Waals surface area contributed by atoms with Crippen molar-refractivity contribution >= 4 is 39.2 Å². The van der Waals surface area contributed by atoms with Gasteiger partial charge >= 0.3 is 27.3 Å². The number of carbonyl (C=O) groups is 2. The van der Waals surface area contributed by atoms with Gasteiger partial charge in [-0.25, -0.2) is 0 Å². The van der Waals surface area contributed by atoms with Gasteiger partial charge in [0.15, 0.2) is 0 Å². The van der Waals surface area contributed by atoms with Crippen LogP contribution in [0.1, 0.15) is 13.8 Å². The van der Waals surface area contributed by atoms with Crippen LogP contribution in [-0.2, 0) is 50.4 Å². The molecule has 7 heteroatoms. The van der Waals surface area contributed by atoms with Crippen molar-refractivity contribution in [3.8, 4) is 0 Å². The summed E-state index contributed by atoms with van der Waals surface area (Å²) >= 11 is 0. The summed E-state index contributed by atoms with van der Waals surface area (Å²) in [6.45, 7) is 1.94. The topological polar surface area (TPSA) is 80.3 Å². The number of carbonyl (C=O) groups excluding carboxylic acids is 2. The van der Waals surface area contributed by atoms with Crippen LogP contribution in [0.2, 0.25) is 0 Å². The van der Waals surface area contributed by atoms with Crippen molar-refractivity contribution < 1.29 is 60.6 Å². The molecule has 0 amide bonds. The molecule has 0 bridgehead atoms. The van der Waals surface area contributed by atoms with Crippen molar-refractivity contribution in [2.24, 2.45) is 0 Å². The largest absolute Gasteiger partial charge is 2.00 e. The average molecular weight is 538 g/mol. The zero-order valence-corrected chi connectivity index (χ0v) is 12.8. The Kier molecular flexibility index (Phi) is 60.3. The summed E-state index contributed by atoms with van der Waals surface area (Å²) in [7, 11) is 0. The van der Waals surface area contributed by atoms with Gasteiger partial charge in [-0.15, -0.1) is 0 Å². The molecule has 0 unspecified atom stereocenters. The molecule has 0 aliphatic carbocycles. The van der Waals surface area contributed by atoms with Gasteiger partial charge in [0.05, 0.1) is 0 Å². The van der Waals surface area contributed by atoms with Gasteiger partial charge in [0.25, 0.3) is 0 Å². The maximum absolute atomic E-state index is 8.89. The number of aliphatic carboxylic acids is 2. The van der Waals surface area contributed by atoms with E-state index < -0.39 is 11.9 Å². The Morgan fingerprint density at radius 1 is 0.909 bits per heavy atom. The summed E-state index contributed by atoms with van der Waals surface area (Å²) in [6.07, 6.45) is 0. The monoisotopic (exact) mass is 538 g/mol. The number of hydrogen-bond acceptors (Lipinski definition) is 4. The van der Waals surface area contributed by atoms with E-state index in [2.05, 4.69) is 0 Å². The maximum atomic E-state index is 8.89. The number of carboxylic acid groups (broad SMARTS) is 2. The second-order valence-corrected chi connectivity index (χ2v) is 0.983.